The first kappa shape index (κ1) is 12.8. The molecular formula is C11H7BrClN3O2. The van der Waals surface area contributed by atoms with Gasteiger partial charge in [-0.1, -0.05) is 17.7 Å². The lowest BCUT2D eigenvalue weighted by atomic mass is 10.3. The first-order valence-electron chi connectivity index (χ1n) is 4.84. The molecule has 0 saturated carbocycles. The first-order chi connectivity index (χ1) is 8.58. The maximum Gasteiger partial charge on any atom is 0.356 e. The Morgan fingerprint density at radius 2 is 2.17 bits per heavy atom. The number of benzene rings is 1. The van der Waals surface area contributed by atoms with Crippen molar-refractivity contribution < 1.29 is 9.90 Å². The smallest absolute Gasteiger partial charge is 0.356 e. The molecule has 2 rings (SSSR count). The van der Waals surface area contributed by atoms with Crippen LogP contribution in [0.4, 0.5) is 11.5 Å². The molecule has 0 fully saturated rings. The van der Waals surface area contributed by atoms with Crippen molar-refractivity contribution in [3.63, 3.8) is 0 Å². The van der Waals surface area contributed by atoms with Crippen LogP contribution in [0, 0.1) is 0 Å². The fourth-order valence-electron chi connectivity index (χ4n) is 1.27. The fraction of sp³-hybridized carbons (Fsp3) is 0. The number of rotatable bonds is 3. The van der Waals surface area contributed by atoms with Crippen LogP contribution in [0.1, 0.15) is 10.5 Å². The summed E-state index contributed by atoms with van der Waals surface area (Å²) in [5.41, 5.74) is 0.553. The molecule has 2 N–H and O–H groups in total. The Morgan fingerprint density at radius 3 is 2.89 bits per heavy atom. The third-order valence-electron chi connectivity index (χ3n) is 2.07. The summed E-state index contributed by atoms with van der Waals surface area (Å²) in [6.07, 6.45) is 2.61. The number of carbonyl (C=O) groups is 1. The Hall–Kier alpha value is -1.66. The molecule has 1 aromatic heterocycles. The van der Waals surface area contributed by atoms with Gasteiger partial charge in [0.2, 0.25) is 0 Å². The van der Waals surface area contributed by atoms with Crippen molar-refractivity contribution in [3.8, 4) is 0 Å². The topological polar surface area (TPSA) is 75.1 Å². The molecule has 18 heavy (non-hydrogen) atoms. The summed E-state index contributed by atoms with van der Waals surface area (Å²) in [7, 11) is 0. The number of carboxylic acid groups (broad SMARTS) is 1. The fourth-order valence-corrected chi connectivity index (χ4v) is 1.81. The third-order valence-corrected chi connectivity index (χ3v) is 3.47. The summed E-state index contributed by atoms with van der Waals surface area (Å²) in [5.74, 6) is -0.797. The van der Waals surface area contributed by atoms with Crippen molar-refractivity contribution in [1.82, 2.24) is 9.97 Å². The van der Waals surface area contributed by atoms with Crippen LogP contribution in [0.5, 0.6) is 0 Å². The van der Waals surface area contributed by atoms with Gasteiger partial charge >= 0.3 is 5.97 Å². The Balaban J connectivity index is 2.31. The number of halogens is 2. The van der Waals surface area contributed by atoms with Gasteiger partial charge in [0.05, 0.1) is 27.6 Å². The molecule has 2 aromatic rings. The molecule has 7 heteroatoms. The quantitative estimate of drug-likeness (QED) is 0.904. The normalized spacial score (nSPS) is 10.1. The first-order valence-corrected chi connectivity index (χ1v) is 6.01. The van der Waals surface area contributed by atoms with E-state index in [0.29, 0.717) is 21.0 Å². The van der Waals surface area contributed by atoms with E-state index in [2.05, 4.69) is 31.2 Å². The third kappa shape index (κ3) is 2.77. The molecule has 1 aromatic carbocycles. The molecule has 5 nitrogen and oxygen atoms in total. The molecule has 0 bridgehead atoms. The number of carboxylic acids is 1. The van der Waals surface area contributed by atoms with Crippen LogP contribution in [-0.4, -0.2) is 21.0 Å². The van der Waals surface area contributed by atoms with Crippen molar-refractivity contribution in [1.29, 1.82) is 0 Å². The van der Waals surface area contributed by atoms with Crippen LogP contribution >= 0.6 is 27.5 Å². The van der Waals surface area contributed by atoms with Gasteiger partial charge in [0.1, 0.15) is 5.82 Å². The highest BCUT2D eigenvalue weighted by molar-refractivity contribution is 9.10. The second kappa shape index (κ2) is 5.32. The van der Waals surface area contributed by atoms with Crippen molar-refractivity contribution in [2.45, 2.75) is 0 Å². The molecule has 0 aliphatic heterocycles. The second-order valence-corrected chi connectivity index (χ2v) is 4.52. The van der Waals surface area contributed by atoms with Crippen LogP contribution in [0.2, 0.25) is 5.02 Å². The maximum absolute atomic E-state index is 10.8. The van der Waals surface area contributed by atoms with Crippen LogP contribution in [0.25, 0.3) is 0 Å². The summed E-state index contributed by atoms with van der Waals surface area (Å²) in [5, 5.41) is 12.3. The molecule has 0 amide bonds. The number of hydrogen-bond acceptors (Lipinski definition) is 4. The van der Waals surface area contributed by atoms with E-state index in [1.54, 1.807) is 18.2 Å². The van der Waals surface area contributed by atoms with Gasteiger partial charge in [0.25, 0.3) is 0 Å². The zero-order valence-corrected chi connectivity index (χ0v) is 11.2. The second-order valence-electron chi connectivity index (χ2n) is 3.32. The predicted octanol–water partition coefficient (Wildman–Crippen LogP) is 3.33. The van der Waals surface area contributed by atoms with Crippen molar-refractivity contribution >= 4 is 45.0 Å². The zero-order valence-electron chi connectivity index (χ0n) is 8.89. The van der Waals surface area contributed by atoms with E-state index in [9.17, 15) is 4.79 Å². The van der Waals surface area contributed by atoms with E-state index in [1.807, 2.05) is 0 Å². The Bertz CT molecular complexity index is 607. The average Bonchev–Trinajstić information content (AvgIpc) is 2.35. The summed E-state index contributed by atoms with van der Waals surface area (Å²) in [6.45, 7) is 0. The standard InChI is InChI=1S/C11H7BrClN3O2/c12-10-6(13)2-1-3-7(10)15-9-5-14-4-8(16-9)11(17)18/h1-5H,(H,15,16)(H,17,18). The molecule has 0 radical (unpaired) electrons. The average molecular weight is 329 g/mol. The van der Waals surface area contributed by atoms with E-state index in [1.165, 1.54) is 12.4 Å². The predicted molar refractivity (Wildman–Crippen MR) is 71.4 cm³/mol. The van der Waals surface area contributed by atoms with Crippen molar-refractivity contribution in [2.24, 2.45) is 0 Å². The lowest BCUT2D eigenvalue weighted by molar-refractivity contribution is 0.0690. The van der Waals surface area contributed by atoms with Gasteiger partial charge in [-0.25, -0.2) is 9.78 Å². The molecule has 0 spiro atoms. The number of anilines is 2. The van der Waals surface area contributed by atoms with E-state index in [4.69, 9.17) is 16.7 Å². The van der Waals surface area contributed by atoms with E-state index >= 15 is 0 Å². The molecule has 1 heterocycles. The summed E-state index contributed by atoms with van der Waals surface area (Å²) >= 11 is 9.27. The van der Waals surface area contributed by atoms with Gasteiger partial charge in [-0.2, -0.15) is 0 Å². The van der Waals surface area contributed by atoms with Gasteiger partial charge in [0, 0.05) is 0 Å². The van der Waals surface area contributed by atoms with E-state index in [0.717, 1.165) is 0 Å². The molecule has 0 atom stereocenters. The number of nitrogens with zero attached hydrogens (tertiary/aromatic N) is 2. The van der Waals surface area contributed by atoms with Gasteiger partial charge in [-0.3, -0.25) is 4.98 Å². The molecule has 92 valence electrons. The number of hydrogen-bond donors (Lipinski definition) is 2. The van der Waals surface area contributed by atoms with Gasteiger partial charge < -0.3 is 10.4 Å². The van der Waals surface area contributed by atoms with Gasteiger partial charge in [0.15, 0.2) is 5.69 Å². The monoisotopic (exact) mass is 327 g/mol. The number of aromatic nitrogens is 2. The van der Waals surface area contributed by atoms with Crippen LogP contribution in [0.3, 0.4) is 0 Å². The summed E-state index contributed by atoms with van der Waals surface area (Å²) in [4.78, 5) is 18.5. The highest BCUT2D eigenvalue weighted by Crippen LogP contribution is 2.31. The number of aromatic carboxylic acids is 1. The Kier molecular flexibility index (Phi) is 3.78. The molecule has 0 aliphatic rings. The van der Waals surface area contributed by atoms with Gasteiger partial charge in [-0.15, -0.1) is 0 Å². The zero-order chi connectivity index (χ0) is 13.1. The maximum atomic E-state index is 10.8. The molecule has 0 saturated heterocycles. The largest absolute Gasteiger partial charge is 0.476 e. The lowest BCUT2D eigenvalue weighted by Crippen LogP contribution is -2.04. The van der Waals surface area contributed by atoms with Crippen molar-refractivity contribution in [3.05, 3.63) is 45.8 Å². The minimum absolute atomic E-state index is 0.127. The summed E-state index contributed by atoms with van der Waals surface area (Å²) < 4.78 is 0.675. The van der Waals surface area contributed by atoms with E-state index < -0.39 is 5.97 Å². The number of nitrogens with one attached hydrogen (secondary N) is 1. The molecule has 0 unspecified atom stereocenters. The van der Waals surface area contributed by atoms with Gasteiger partial charge in [-0.05, 0) is 28.1 Å². The molecular weight excluding hydrogens is 321 g/mol. The summed E-state index contributed by atoms with van der Waals surface area (Å²) in [6, 6.07) is 5.28. The Labute approximate surface area is 116 Å². The van der Waals surface area contributed by atoms with Crippen LogP contribution in [0.15, 0.2) is 35.1 Å². The van der Waals surface area contributed by atoms with E-state index in [-0.39, 0.29) is 5.69 Å². The lowest BCUT2D eigenvalue weighted by Gasteiger charge is -2.08. The molecule has 0 aliphatic carbocycles. The Morgan fingerprint density at radius 1 is 1.39 bits per heavy atom. The highest BCUT2D eigenvalue weighted by atomic mass is 79.9. The minimum atomic E-state index is -1.13. The van der Waals surface area contributed by atoms with Crippen LogP contribution < -0.4 is 5.32 Å². The minimum Gasteiger partial charge on any atom is -0.476 e. The highest BCUT2D eigenvalue weighted by Gasteiger charge is 2.08. The van der Waals surface area contributed by atoms with Crippen LogP contribution in [-0.2, 0) is 0 Å². The SMILES string of the molecule is O=C(O)c1cncc(Nc2cccc(Cl)c2Br)n1. The van der Waals surface area contributed by atoms with Crippen molar-refractivity contribution in [2.75, 3.05) is 5.32 Å².